The average Bonchev–Trinajstić information content (AvgIpc) is 2.58. The van der Waals surface area contributed by atoms with Gasteiger partial charge in [-0.1, -0.05) is 6.07 Å². The third-order valence-corrected chi connectivity index (χ3v) is 4.81. The molecule has 0 radical (unpaired) electrons. The van der Waals surface area contributed by atoms with Crippen LogP contribution in [0.5, 0.6) is 0 Å². The fourth-order valence-electron chi connectivity index (χ4n) is 3.72. The first kappa shape index (κ1) is 18.2. The lowest BCUT2D eigenvalue weighted by Crippen LogP contribution is -2.51. The predicted molar refractivity (Wildman–Crippen MR) is 96.5 cm³/mol. The minimum atomic E-state index is -0.448. The van der Waals surface area contributed by atoms with Crippen LogP contribution < -0.4 is 15.5 Å². The monoisotopic (exact) mass is 361 g/mol. The summed E-state index contributed by atoms with van der Waals surface area (Å²) in [4.78, 5) is 26.3. The number of fused-ring (bicyclic) bond motifs is 1. The highest BCUT2D eigenvalue weighted by atomic mass is 19.1. The van der Waals surface area contributed by atoms with Crippen LogP contribution in [-0.4, -0.2) is 37.7 Å². The maximum atomic E-state index is 14.2. The number of esters is 1. The van der Waals surface area contributed by atoms with Crippen LogP contribution in [0.25, 0.3) is 0 Å². The molecule has 2 amide bonds. The molecule has 26 heavy (non-hydrogen) atoms. The zero-order chi connectivity index (χ0) is 18.8. The van der Waals surface area contributed by atoms with Gasteiger partial charge < -0.3 is 20.3 Å². The van der Waals surface area contributed by atoms with E-state index in [1.54, 1.807) is 19.9 Å². The van der Waals surface area contributed by atoms with Gasteiger partial charge in [-0.3, -0.25) is 0 Å². The molecule has 140 valence electrons. The van der Waals surface area contributed by atoms with Crippen molar-refractivity contribution in [2.45, 2.75) is 39.7 Å². The third kappa shape index (κ3) is 3.38. The van der Waals surface area contributed by atoms with Crippen LogP contribution in [0, 0.1) is 12.7 Å². The molecular weight excluding hydrogens is 337 g/mol. The van der Waals surface area contributed by atoms with Gasteiger partial charge in [0.1, 0.15) is 5.82 Å². The van der Waals surface area contributed by atoms with Crippen molar-refractivity contribution in [2.24, 2.45) is 0 Å². The van der Waals surface area contributed by atoms with Crippen molar-refractivity contribution in [3.8, 4) is 0 Å². The summed E-state index contributed by atoms with van der Waals surface area (Å²) in [6, 6.07) is 2.45. The van der Waals surface area contributed by atoms with Gasteiger partial charge in [0.25, 0.3) is 0 Å². The number of benzene rings is 1. The second-order valence-electron chi connectivity index (χ2n) is 6.65. The molecule has 2 N–H and O–H groups in total. The van der Waals surface area contributed by atoms with E-state index in [4.69, 9.17) is 4.74 Å². The smallest absolute Gasteiger partial charge is 0.337 e. The number of anilines is 1. The lowest BCUT2D eigenvalue weighted by molar-refractivity contribution is -0.139. The number of hydrogen-bond acceptors (Lipinski definition) is 4. The SMILES string of the molecule is CCOC(=O)C1=C(CN2CCCc3c(F)ccc(C)c32)NC(=O)NC1C. The van der Waals surface area contributed by atoms with Crippen LogP contribution in [0.1, 0.15) is 31.4 Å². The number of ether oxygens (including phenoxy) is 1. The summed E-state index contributed by atoms with van der Waals surface area (Å²) < 4.78 is 19.4. The number of nitrogens with one attached hydrogen (secondary N) is 2. The summed E-state index contributed by atoms with van der Waals surface area (Å²) in [7, 11) is 0. The Morgan fingerprint density at radius 1 is 1.42 bits per heavy atom. The van der Waals surface area contributed by atoms with Crippen LogP contribution in [-0.2, 0) is 16.0 Å². The Morgan fingerprint density at radius 3 is 2.92 bits per heavy atom. The number of halogens is 1. The predicted octanol–water partition coefficient (Wildman–Crippen LogP) is 2.41. The molecule has 0 spiro atoms. The summed E-state index contributed by atoms with van der Waals surface area (Å²) in [5, 5.41) is 5.43. The zero-order valence-corrected chi connectivity index (χ0v) is 15.3. The lowest BCUT2D eigenvalue weighted by Gasteiger charge is -2.36. The Kier molecular flexibility index (Phi) is 5.15. The summed E-state index contributed by atoms with van der Waals surface area (Å²) in [5.74, 6) is -0.659. The van der Waals surface area contributed by atoms with Crippen molar-refractivity contribution in [2.75, 3.05) is 24.6 Å². The van der Waals surface area contributed by atoms with Crippen molar-refractivity contribution in [3.63, 3.8) is 0 Å². The average molecular weight is 361 g/mol. The Labute approximate surface area is 152 Å². The molecule has 0 saturated heterocycles. The molecule has 1 aromatic rings. The number of urea groups is 1. The Morgan fingerprint density at radius 2 is 2.19 bits per heavy atom. The molecule has 2 aliphatic heterocycles. The number of rotatable bonds is 4. The summed E-state index contributed by atoms with van der Waals surface area (Å²) >= 11 is 0. The van der Waals surface area contributed by atoms with Gasteiger partial charge in [0.2, 0.25) is 0 Å². The highest BCUT2D eigenvalue weighted by molar-refractivity contribution is 5.95. The van der Waals surface area contributed by atoms with E-state index >= 15 is 0 Å². The Bertz CT molecular complexity index is 776. The van der Waals surface area contributed by atoms with Gasteiger partial charge in [-0.2, -0.15) is 0 Å². The number of nitrogens with zero attached hydrogens (tertiary/aromatic N) is 1. The van der Waals surface area contributed by atoms with Crippen LogP contribution in [0.15, 0.2) is 23.4 Å². The fourth-order valence-corrected chi connectivity index (χ4v) is 3.72. The molecule has 0 saturated carbocycles. The van der Waals surface area contributed by atoms with Crippen molar-refractivity contribution < 1.29 is 18.7 Å². The maximum Gasteiger partial charge on any atom is 0.337 e. The normalized spacial score (nSPS) is 19.6. The first-order valence-electron chi connectivity index (χ1n) is 8.93. The Hall–Kier alpha value is -2.57. The topological polar surface area (TPSA) is 70.7 Å². The standard InChI is InChI=1S/C19H24FN3O3/c1-4-26-18(24)16-12(3)21-19(25)22-15(16)10-23-9-5-6-13-14(20)8-7-11(2)17(13)23/h7-8,12H,4-6,9-10H2,1-3H3,(H2,21,22,25). The van der Waals surface area contributed by atoms with Crippen molar-refractivity contribution >= 4 is 17.7 Å². The molecule has 2 heterocycles. The van der Waals surface area contributed by atoms with Crippen LogP contribution in [0.2, 0.25) is 0 Å². The fraction of sp³-hybridized carbons (Fsp3) is 0.474. The number of hydrogen-bond donors (Lipinski definition) is 2. The molecule has 1 atom stereocenters. The third-order valence-electron chi connectivity index (χ3n) is 4.81. The maximum absolute atomic E-state index is 14.2. The minimum absolute atomic E-state index is 0.211. The number of carbonyl (C=O) groups excluding carboxylic acids is 2. The van der Waals surface area contributed by atoms with Gasteiger partial charge in [-0.15, -0.1) is 0 Å². The molecule has 0 fully saturated rings. The molecule has 6 nitrogen and oxygen atoms in total. The van der Waals surface area contributed by atoms with Gasteiger partial charge in [0, 0.05) is 17.8 Å². The van der Waals surface area contributed by atoms with E-state index in [0.29, 0.717) is 29.8 Å². The summed E-state index contributed by atoms with van der Waals surface area (Å²) in [6.07, 6.45) is 1.50. The molecule has 0 aliphatic carbocycles. The van der Waals surface area contributed by atoms with Gasteiger partial charge in [-0.25, -0.2) is 14.0 Å². The molecule has 0 bridgehead atoms. The summed E-state index contributed by atoms with van der Waals surface area (Å²) in [6.45, 7) is 6.75. The van der Waals surface area contributed by atoms with Gasteiger partial charge in [-0.05, 0) is 45.2 Å². The first-order valence-corrected chi connectivity index (χ1v) is 8.93. The van der Waals surface area contributed by atoms with E-state index in [9.17, 15) is 14.0 Å². The lowest BCUT2D eigenvalue weighted by atomic mass is 9.96. The van der Waals surface area contributed by atoms with E-state index in [2.05, 4.69) is 10.6 Å². The van der Waals surface area contributed by atoms with Gasteiger partial charge >= 0.3 is 12.0 Å². The quantitative estimate of drug-likeness (QED) is 0.808. The van der Waals surface area contributed by atoms with Crippen LogP contribution in [0.3, 0.4) is 0 Å². The van der Waals surface area contributed by atoms with Crippen molar-refractivity contribution in [3.05, 3.63) is 40.3 Å². The van der Waals surface area contributed by atoms with E-state index < -0.39 is 12.0 Å². The van der Waals surface area contributed by atoms with Crippen LogP contribution in [0.4, 0.5) is 14.9 Å². The van der Waals surface area contributed by atoms with Crippen molar-refractivity contribution in [1.82, 2.24) is 10.6 Å². The summed E-state index contributed by atoms with van der Waals surface area (Å²) in [5.41, 5.74) is 3.45. The zero-order valence-electron chi connectivity index (χ0n) is 15.3. The second-order valence-corrected chi connectivity index (χ2v) is 6.65. The second kappa shape index (κ2) is 7.35. The highest BCUT2D eigenvalue weighted by Crippen LogP contribution is 2.33. The number of aryl methyl sites for hydroxylation is 1. The largest absolute Gasteiger partial charge is 0.463 e. The molecular formula is C19H24FN3O3. The number of carbonyl (C=O) groups is 2. The van der Waals surface area contributed by atoms with E-state index in [1.165, 1.54) is 6.07 Å². The molecule has 1 aromatic carbocycles. The first-order chi connectivity index (χ1) is 12.4. The molecule has 3 rings (SSSR count). The van der Waals surface area contributed by atoms with E-state index in [-0.39, 0.29) is 18.5 Å². The van der Waals surface area contributed by atoms with E-state index in [1.807, 2.05) is 11.8 Å². The van der Waals surface area contributed by atoms with Crippen LogP contribution >= 0.6 is 0 Å². The van der Waals surface area contributed by atoms with Crippen molar-refractivity contribution in [1.29, 1.82) is 0 Å². The van der Waals surface area contributed by atoms with E-state index in [0.717, 1.165) is 24.2 Å². The minimum Gasteiger partial charge on any atom is -0.463 e. The molecule has 1 unspecified atom stereocenters. The van der Waals surface area contributed by atoms with Gasteiger partial charge in [0.15, 0.2) is 0 Å². The Balaban J connectivity index is 1.99. The van der Waals surface area contributed by atoms with Gasteiger partial charge in [0.05, 0.1) is 30.5 Å². The molecule has 7 heteroatoms. The number of amides is 2. The molecule has 0 aromatic heterocycles. The molecule has 2 aliphatic rings. The highest BCUT2D eigenvalue weighted by Gasteiger charge is 2.32.